The first kappa shape index (κ1) is 18.0. The molecule has 0 spiro atoms. The van der Waals surface area contributed by atoms with Gasteiger partial charge in [0.1, 0.15) is 13.2 Å². The van der Waals surface area contributed by atoms with Gasteiger partial charge in [-0.1, -0.05) is 55.1 Å². The summed E-state index contributed by atoms with van der Waals surface area (Å²) in [6.07, 6.45) is 0.941. The molecule has 3 rings (SSSR count). The lowest BCUT2D eigenvalue weighted by Gasteiger charge is -2.14. The highest BCUT2D eigenvalue weighted by molar-refractivity contribution is 5.79. The molecule has 0 atom stereocenters. The molecule has 1 N–H and O–H groups in total. The highest BCUT2D eigenvalue weighted by Crippen LogP contribution is 2.44. The summed E-state index contributed by atoms with van der Waals surface area (Å²) in [5.74, 6) is 0.0699. The Kier molecular flexibility index (Phi) is 6.28. The van der Waals surface area contributed by atoms with E-state index in [1.54, 1.807) is 0 Å². The molecule has 1 amide bonds. The van der Waals surface area contributed by atoms with Gasteiger partial charge in [-0.2, -0.15) is 0 Å². The third kappa shape index (κ3) is 4.24. The average Bonchev–Trinajstić information content (AvgIpc) is 3.00. The molecule has 0 saturated carbocycles. The lowest BCUT2D eigenvalue weighted by Crippen LogP contribution is -2.29. The van der Waals surface area contributed by atoms with Crippen LogP contribution in [-0.2, 0) is 14.2 Å². The molecule has 5 heteroatoms. The quantitative estimate of drug-likeness (QED) is 0.552. The summed E-state index contributed by atoms with van der Waals surface area (Å²) in [5.41, 5.74) is 4.83. The maximum Gasteiger partial charge on any atom is 0.407 e. The first-order valence-electron chi connectivity index (χ1n) is 8.70. The summed E-state index contributed by atoms with van der Waals surface area (Å²) < 4.78 is 15.7. The molecule has 1 aliphatic rings. The first-order valence-corrected chi connectivity index (χ1v) is 8.70. The number of hydrogen-bond donors (Lipinski definition) is 1. The molecule has 0 aliphatic heterocycles. The predicted molar refractivity (Wildman–Crippen MR) is 100 cm³/mol. The van der Waals surface area contributed by atoms with E-state index in [-0.39, 0.29) is 5.92 Å². The molecule has 2 aromatic rings. The Hall–Kier alpha value is -2.79. The Morgan fingerprint density at radius 1 is 1.00 bits per heavy atom. The molecule has 2 aromatic carbocycles. The lowest BCUT2D eigenvalue weighted by molar-refractivity contribution is 0.0840. The van der Waals surface area contributed by atoms with Crippen LogP contribution in [0.1, 0.15) is 17.0 Å². The van der Waals surface area contributed by atoms with Gasteiger partial charge < -0.3 is 19.5 Å². The van der Waals surface area contributed by atoms with Crippen molar-refractivity contribution in [3.63, 3.8) is 0 Å². The second-order valence-corrected chi connectivity index (χ2v) is 5.90. The van der Waals surface area contributed by atoms with Crippen molar-refractivity contribution in [2.45, 2.75) is 5.92 Å². The number of amides is 1. The van der Waals surface area contributed by atoms with E-state index < -0.39 is 6.09 Å². The minimum absolute atomic E-state index is 0.0699. The van der Waals surface area contributed by atoms with Gasteiger partial charge in [0.25, 0.3) is 0 Å². The minimum Gasteiger partial charge on any atom is -0.499 e. The van der Waals surface area contributed by atoms with Crippen LogP contribution < -0.4 is 5.32 Å². The van der Waals surface area contributed by atoms with E-state index in [1.807, 2.05) is 24.3 Å². The molecule has 136 valence electrons. The van der Waals surface area contributed by atoms with Gasteiger partial charge in [-0.3, -0.25) is 0 Å². The Bertz CT molecular complexity index is 714. The number of ether oxygens (including phenoxy) is 3. The van der Waals surface area contributed by atoms with E-state index >= 15 is 0 Å². The lowest BCUT2D eigenvalue weighted by atomic mass is 9.98. The van der Waals surface area contributed by atoms with Crippen LogP contribution in [0.4, 0.5) is 4.79 Å². The third-order valence-electron chi connectivity index (χ3n) is 4.32. The zero-order valence-corrected chi connectivity index (χ0v) is 14.6. The molecule has 0 unspecified atom stereocenters. The normalized spacial score (nSPS) is 12.2. The van der Waals surface area contributed by atoms with Crippen molar-refractivity contribution in [1.82, 2.24) is 5.32 Å². The van der Waals surface area contributed by atoms with Crippen LogP contribution in [0, 0.1) is 0 Å². The van der Waals surface area contributed by atoms with Crippen molar-refractivity contribution in [2.24, 2.45) is 0 Å². The number of fused-ring (bicyclic) bond motifs is 3. The second kappa shape index (κ2) is 9.06. The summed E-state index contributed by atoms with van der Waals surface area (Å²) in [5, 5.41) is 2.70. The van der Waals surface area contributed by atoms with E-state index in [0.717, 1.165) is 0 Å². The van der Waals surface area contributed by atoms with Crippen LogP contribution in [0.25, 0.3) is 11.1 Å². The standard InChI is InChI=1S/C21H23NO4/c1-2-24-13-14-25-12-11-22-21(23)26-15-20-18-9-5-3-7-16(18)17-8-4-6-10-19(17)20/h2-10,20H,1,11-15H2,(H,22,23). The van der Waals surface area contributed by atoms with E-state index in [1.165, 1.54) is 28.5 Å². The summed E-state index contributed by atoms with van der Waals surface area (Å²) >= 11 is 0. The van der Waals surface area contributed by atoms with Crippen LogP contribution in [0.2, 0.25) is 0 Å². The van der Waals surface area contributed by atoms with E-state index in [9.17, 15) is 4.79 Å². The molecule has 0 heterocycles. The maximum absolute atomic E-state index is 11.9. The highest BCUT2D eigenvalue weighted by atomic mass is 16.5. The van der Waals surface area contributed by atoms with Gasteiger partial charge in [0, 0.05) is 12.5 Å². The molecule has 5 nitrogen and oxygen atoms in total. The van der Waals surface area contributed by atoms with Gasteiger partial charge in [-0.05, 0) is 22.3 Å². The third-order valence-corrected chi connectivity index (χ3v) is 4.32. The largest absolute Gasteiger partial charge is 0.499 e. The number of carbonyl (C=O) groups is 1. The Labute approximate surface area is 153 Å². The summed E-state index contributed by atoms with van der Waals surface area (Å²) in [6.45, 7) is 5.47. The maximum atomic E-state index is 11.9. The number of hydrogen-bond acceptors (Lipinski definition) is 4. The summed E-state index contributed by atoms with van der Waals surface area (Å²) in [4.78, 5) is 11.9. The zero-order chi connectivity index (χ0) is 18.2. The van der Waals surface area contributed by atoms with Crippen molar-refractivity contribution in [2.75, 3.05) is 33.0 Å². The van der Waals surface area contributed by atoms with Gasteiger partial charge in [0.05, 0.1) is 19.5 Å². The number of alkyl carbamates (subject to hydrolysis) is 1. The molecule has 0 saturated heterocycles. The zero-order valence-electron chi connectivity index (χ0n) is 14.6. The molecular formula is C21H23NO4. The number of carbonyl (C=O) groups excluding carboxylic acids is 1. The molecule has 0 aromatic heterocycles. The van der Waals surface area contributed by atoms with Crippen molar-refractivity contribution in [1.29, 1.82) is 0 Å². The predicted octanol–water partition coefficient (Wildman–Crippen LogP) is 3.70. The Morgan fingerprint density at radius 3 is 2.31 bits per heavy atom. The number of rotatable bonds is 9. The van der Waals surface area contributed by atoms with Gasteiger partial charge >= 0.3 is 6.09 Å². The first-order chi connectivity index (χ1) is 12.8. The van der Waals surface area contributed by atoms with Gasteiger partial charge in [0.2, 0.25) is 0 Å². The van der Waals surface area contributed by atoms with Crippen LogP contribution >= 0.6 is 0 Å². The Morgan fingerprint density at radius 2 is 1.65 bits per heavy atom. The van der Waals surface area contributed by atoms with E-state index in [4.69, 9.17) is 14.2 Å². The minimum atomic E-state index is -0.433. The van der Waals surface area contributed by atoms with Crippen LogP contribution in [-0.4, -0.2) is 39.1 Å². The molecule has 0 bridgehead atoms. The average molecular weight is 353 g/mol. The van der Waals surface area contributed by atoms with E-state index in [0.29, 0.717) is 33.0 Å². The molecule has 1 aliphatic carbocycles. The van der Waals surface area contributed by atoms with Crippen LogP contribution in [0.15, 0.2) is 61.4 Å². The summed E-state index contributed by atoms with van der Waals surface area (Å²) in [6, 6.07) is 16.5. The number of benzene rings is 2. The summed E-state index contributed by atoms with van der Waals surface area (Å²) in [7, 11) is 0. The molecule has 26 heavy (non-hydrogen) atoms. The molecule has 0 radical (unpaired) electrons. The van der Waals surface area contributed by atoms with Crippen molar-refractivity contribution >= 4 is 6.09 Å². The van der Waals surface area contributed by atoms with Crippen LogP contribution in [0.5, 0.6) is 0 Å². The number of nitrogens with one attached hydrogen (secondary N) is 1. The van der Waals surface area contributed by atoms with Gasteiger partial charge in [-0.25, -0.2) is 4.79 Å². The smallest absolute Gasteiger partial charge is 0.407 e. The SMILES string of the molecule is C=COCCOCCNC(=O)OCC1c2ccccc2-c2ccccc21. The fourth-order valence-electron chi connectivity index (χ4n) is 3.17. The fourth-order valence-corrected chi connectivity index (χ4v) is 3.17. The topological polar surface area (TPSA) is 56.8 Å². The van der Waals surface area contributed by atoms with Crippen molar-refractivity contribution < 1.29 is 19.0 Å². The van der Waals surface area contributed by atoms with Crippen molar-refractivity contribution in [3.05, 3.63) is 72.5 Å². The van der Waals surface area contributed by atoms with E-state index in [2.05, 4.69) is 36.2 Å². The van der Waals surface area contributed by atoms with Gasteiger partial charge in [0.15, 0.2) is 0 Å². The van der Waals surface area contributed by atoms with Crippen molar-refractivity contribution in [3.8, 4) is 11.1 Å². The van der Waals surface area contributed by atoms with Crippen LogP contribution in [0.3, 0.4) is 0 Å². The van der Waals surface area contributed by atoms with Gasteiger partial charge in [-0.15, -0.1) is 0 Å². The Balaban J connectivity index is 1.47. The fraction of sp³-hybridized carbons (Fsp3) is 0.286. The monoisotopic (exact) mass is 353 g/mol. The molecule has 0 fully saturated rings. The molecular weight excluding hydrogens is 330 g/mol. The second-order valence-electron chi connectivity index (χ2n) is 5.90. The highest BCUT2D eigenvalue weighted by Gasteiger charge is 2.28.